The fourth-order valence-electron chi connectivity index (χ4n) is 7.05. The van der Waals surface area contributed by atoms with Gasteiger partial charge in [-0.05, 0) is 0 Å². The van der Waals surface area contributed by atoms with Gasteiger partial charge in [0.2, 0.25) is 0 Å². The molecule has 2 fully saturated rings. The Labute approximate surface area is 227 Å². The van der Waals surface area contributed by atoms with E-state index in [1.165, 1.54) is 24.6 Å². The van der Waals surface area contributed by atoms with Gasteiger partial charge in [-0.25, -0.2) is 0 Å². The van der Waals surface area contributed by atoms with Crippen molar-refractivity contribution >= 4 is 70.3 Å². The number of aliphatic hydroxyl groups excluding tert-OH is 1. The zero-order valence-electron chi connectivity index (χ0n) is 21.3. The summed E-state index contributed by atoms with van der Waals surface area (Å²) in [4.78, 5) is 13.2. The van der Waals surface area contributed by atoms with Crippen LogP contribution in [0.1, 0.15) is 23.2 Å². The first kappa shape index (κ1) is 27.9. The molecule has 16 heteroatoms. The normalized spacial score (nSPS) is 36.7. The van der Waals surface area contributed by atoms with Crippen molar-refractivity contribution in [2.75, 3.05) is 11.9 Å². The van der Waals surface area contributed by atoms with Crippen molar-refractivity contribution in [3.8, 4) is 0 Å². The number of hydrogen-bond acceptors (Lipinski definition) is 5. The van der Waals surface area contributed by atoms with Gasteiger partial charge in [-0.1, -0.05) is 0 Å². The summed E-state index contributed by atoms with van der Waals surface area (Å²) in [7, 11) is 4.59. The fourth-order valence-corrected chi connectivity index (χ4v) is 10.8. The maximum absolute atomic E-state index is 15.1. The Kier molecular flexibility index (Phi) is 6.36. The first-order valence-electron chi connectivity index (χ1n) is 12.2. The van der Waals surface area contributed by atoms with E-state index in [-0.39, 0.29) is 39.9 Å². The van der Waals surface area contributed by atoms with Crippen LogP contribution < -0.4 is 5.32 Å². The van der Waals surface area contributed by atoms with Crippen molar-refractivity contribution in [1.82, 2.24) is 0 Å². The topological polar surface area (TPSA) is 95.9 Å². The number of hydrogen-bond donors (Lipinski definition) is 3. The predicted molar refractivity (Wildman–Crippen MR) is 150 cm³/mol. The van der Waals surface area contributed by atoms with Crippen molar-refractivity contribution in [1.29, 1.82) is 0 Å². The number of benzene rings is 2. The Morgan fingerprint density at radius 3 is 2.34 bits per heavy atom. The summed E-state index contributed by atoms with van der Waals surface area (Å²) in [6.45, 7) is -0.436. The molecular weight excluding hydrogens is 537 g/mol. The molecule has 0 saturated heterocycles. The van der Waals surface area contributed by atoms with E-state index in [0.717, 1.165) is 0 Å². The number of nitrogens with one attached hydrogen (secondary N) is 1. The quantitative estimate of drug-likeness (QED) is 0.330. The monoisotopic (exact) mass is 561 g/mol. The molecular formula is C22H24B5ClF3NO5S. The van der Waals surface area contributed by atoms with Gasteiger partial charge in [-0.15, -0.1) is 0 Å². The number of carbonyl (C=O) groups excluding carboxylic acids is 1. The molecule has 0 aromatic heterocycles. The number of amides is 1. The molecule has 2 aliphatic carbocycles. The number of anilines is 1. The predicted octanol–water partition coefficient (Wildman–Crippen LogP) is -0.978. The second-order valence-electron chi connectivity index (χ2n) is 11.6. The maximum atomic E-state index is 15.1. The minimum absolute atomic E-state index is 0.0110. The van der Waals surface area contributed by atoms with Gasteiger partial charge in [0.15, 0.2) is 0 Å². The van der Waals surface area contributed by atoms with E-state index in [4.69, 9.17) is 16.3 Å². The molecule has 2 aromatic carbocycles. The van der Waals surface area contributed by atoms with E-state index in [1.54, 1.807) is 0 Å². The summed E-state index contributed by atoms with van der Waals surface area (Å²) in [5.74, 6) is -6.10. The molecule has 0 spiro atoms. The second-order valence-corrected chi connectivity index (χ2v) is 14.7. The Hall–Kier alpha value is -1.66. The third-order valence-electron chi connectivity index (χ3n) is 9.51. The van der Waals surface area contributed by atoms with Gasteiger partial charge >= 0.3 is 228 Å². The van der Waals surface area contributed by atoms with E-state index >= 15 is 4.21 Å². The number of halogens is 4. The Morgan fingerprint density at radius 1 is 1.13 bits per heavy atom. The molecule has 1 amide bonds. The van der Waals surface area contributed by atoms with E-state index in [9.17, 15) is 28.2 Å². The molecule has 3 aliphatic rings. The first-order chi connectivity index (χ1) is 17.5. The van der Waals surface area contributed by atoms with E-state index in [0.29, 0.717) is 12.1 Å². The standard InChI is InChI=1S/C22H24B5ClF3NO5S/c23-20-15-6-19(35,8-33)7-16(20)22(26,21(15,24)25)37-27-38(20,36)14-3-9(1-2-11(14)28)18(34)32-10-4-12(29)17(31)13(30)5-10/h1-5,15-16,33,35H,6-8,23-26H2,(H,32,34)/t15?,16-,19?,20+,22?,38?/m0/s1. The molecule has 1 aliphatic heterocycles. The van der Waals surface area contributed by atoms with Gasteiger partial charge in [-0.2, -0.15) is 0 Å². The summed E-state index contributed by atoms with van der Waals surface area (Å²) in [5.41, 5.74) is -2.42. The van der Waals surface area contributed by atoms with Crippen LogP contribution in [0, 0.1) is 29.3 Å². The van der Waals surface area contributed by atoms with Crippen LogP contribution in [-0.2, 0) is 14.0 Å². The van der Waals surface area contributed by atoms with E-state index in [2.05, 4.69) is 5.32 Å². The summed E-state index contributed by atoms with van der Waals surface area (Å²) < 4.78 is 61.0. The molecule has 6 nitrogen and oxygen atoms in total. The summed E-state index contributed by atoms with van der Waals surface area (Å²) in [5, 5.41) is 23.0. The number of carbonyl (C=O) groups is 1. The summed E-state index contributed by atoms with van der Waals surface area (Å²) in [6, 6.07) is 5.46. The molecule has 6 atom stereocenters. The average molecular weight is 561 g/mol. The van der Waals surface area contributed by atoms with Crippen molar-refractivity contribution in [3.63, 3.8) is 0 Å². The Morgan fingerprint density at radius 2 is 1.74 bits per heavy atom. The van der Waals surface area contributed by atoms with Crippen molar-refractivity contribution in [2.24, 2.45) is 11.8 Å². The summed E-state index contributed by atoms with van der Waals surface area (Å²) in [6.07, 6.45) is 1.69. The van der Waals surface area contributed by atoms with Gasteiger partial charge in [-0.3, -0.25) is 0 Å². The van der Waals surface area contributed by atoms with Crippen LogP contribution in [-0.4, -0.2) is 80.4 Å². The van der Waals surface area contributed by atoms with Gasteiger partial charge in [0.1, 0.15) is 0 Å². The van der Waals surface area contributed by atoms with Gasteiger partial charge in [0.05, 0.1) is 0 Å². The van der Waals surface area contributed by atoms with Crippen molar-refractivity contribution < 1.29 is 37.0 Å². The zero-order chi connectivity index (χ0) is 28.1. The van der Waals surface area contributed by atoms with Crippen LogP contribution in [0.5, 0.6) is 0 Å². The second kappa shape index (κ2) is 8.67. The molecule has 2 aromatic rings. The van der Waals surface area contributed by atoms with Crippen LogP contribution in [0.15, 0.2) is 35.2 Å². The Bertz CT molecular complexity index is 1470. The third kappa shape index (κ3) is 3.58. The van der Waals surface area contributed by atoms with Crippen molar-refractivity contribution in [3.05, 3.63) is 58.4 Å². The molecule has 4 bridgehead atoms. The fraction of sp³-hybridized carbons (Fsp3) is 0.409. The minimum atomic E-state index is -3.24. The zero-order valence-corrected chi connectivity index (χ0v) is 22.9. The molecule has 196 valence electrons. The van der Waals surface area contributed by atoms with Gasteiger partial charge in [0.25, 0.3) is 0 Å². The van der Waals surface area contributed by atoms with Crippen LogP contribution >= 0.6 is 11.6 Å². The number of aliphatic hydroxyl groups is 2. The molecule has 4 unspecified atom stereocenters. The van der Waals surface area contributed by atoms with E-state index < -0.39 is 66.2 Å². The van der Waals surface area contributed by atoms with Crippen LogP contribution in [0.2, 0.25) is 10.2 Å². The van der Waals surface area contributed by atoms with Gasteiger partial charge < -0.3 is 0 Å². The van der Waals surface area contributed by atoms with Crippen LogP contribution in [0.25, 0.3) is 0 Å². The van der Waals surface area contributed by atoms with Crippen LogP contribution in [0.4, 0.5) is 18.9 Å². The van der Waals surface area contributed by atoms with Gasteiger partial charge in [0, 0.05) is 0 Å². The molecule has 0 radical (unpaired) electrons. The summed E-state index contributed by atoms with van der Waals surface area (Å²) >= 11 is 6.57. The number of rotatable bonds is 4. The molecule has 3 N–H and O–H groups in total. The van der Waals surface area contributed by atoms with E-state index in [1.807, 2.05) is 31.4 Å². The van der Waals surface area contributed by atoms with Crippen LogP contribution in [0.3, 0.4) is 0 Å². The first-order valence-corrected chi connectivity index (χ1v) is 14.2. The SMILES string of the molecule is BC1(B)C2CC(O)(CO)C[C@@H]3C1(B)OB=S(=O)(c1cc(C(=O)Nc4cc(F)c(F)c(F)c4)ccc1Cl)[C@]23B. The van der Waals surface area contributed by atoms with Crippen molar-refractivity contribution in [2.45, 2.75) is 38.7 Å². The molecule has 5 rings (SSSR count). The molecule has 1 heterocycles. The Balaban J connectivity index is 1.60. The molecule has 38 heavy (non-hydrogen) atoms. The molecule has 2 saturated carbocycles. The third-order valence-corrected chi connectivity index (χ3v) is 13.2. The average Bonchev–Trinajstić information content (AvgIpc) is 2.90.